The van der Waals surface area contributed by atoms with Crippen molar-refractivity contribution in [2.75, 3.05) is 32.7 Å². The molecule has 0 aromatic carbocycles. The van der Waals surface area contributed by atoms with Gasteiger partial charge in [-0.15, -0.1) is 0 Å². The summed E-state index contributed by atoms with van der Waals surface area (Å²) in [5, 5.41) is 3.60. The van der Waals surface area contributed by atoms with E-state index in [2.05, 4.69) is 44.8 Å². The van der Waals surface area contributed by atoms with Crippen molar-refractivity contribution < 1.29 is 0 Å². The molecule has 0 amide bonds. The van der Waals surface area contributed by atoms with E-state index in [0.29, 0.717) is 5.41 Å². The van der Waals surface area contributed by atoms with Gasteiger partial charge in [-0.2, -0.15) is 0 Å². The quantitative estimate of drug-likeness (QED) is 0.736. The van der Waals surface area contributed by atoms with Gasteiger partial charge in [0.05, 0.1) is 0 Å². The highest BCUT2D eigenvalue weighted by atomic mass is 15.2. The molecule has 0 aromatic rings. The average molecular weight is 240 g/mol. The Kier molecular flexibility index (Phi) is 5.94. The Morgan fingerprint density at radius 1 is 1.35 bits per heavy atom. The summed E-state index contributed by atoms with van der Waals surface area (Å²) in [4.78, 5) is 2.66. The van der Waals surface area contributed by atoms with Crippen LogP contribution in [0.5, 0.6) is 0 Å². The second-order valence-electron chi connectivity index (χ2n) is 6.96. The van der Waals surface area contributed by atoms with E-state index < -0.39 is 0 Å². The number of likely N-dealkylation sites (tertiary alicyclic amines) is 1. The Morgan fingerprint density at radius 3 is 2.65 bits per heavy atom. The lowest BCUT2D eigenvalue weighted by Crippen LogP contribution is -2.34. The molecule has 1 aliphatic rings. The lowest BCUT2D eigenvalue weighted by molar-refractivity contribution is 0.198. The number of rotatable bonds is 7. The molecule has 0 radical (unpaired) electrons. The van der Waals surface area contributed by atoms with Crippen LogP contribution < -0.4 is 5.32 Å². The van der Waals surface area contributed by atoms with E-state index in [1.54, 1.807) is 0 Å². The summed E-state index contributed by atoms with van der Waals surface area (Å²) in [6.07, 6.45) is 2.66. The van der Waals surface area contributed by atoms with E-state index in [-0.39, 0.29) is 0 Å². The van der Waals surface area contributed by atoms with Gasteiger partial charge in [-0.3, -0.25) is 0 Å². The average Bonchev–Trinajstić information content (AvgIpc) is 2.64. The van der Waals surface area contributed by atoms with Crippen LogP contribution in [0.2, 0.25) is 0 Å². The van der Waals surface area contributed by atoms with Crippen LogP contribution in [0.3, 0.4) is 0 Å². The van der Waals surface area contributed by atoms with Crippen LogP contribution in [-0.4, -0.2) is 37.6 Å². The molecule has 1 saturated heterocycles. The Morgan fingerprint density at radius 2 is 2.06 bits per heavy atom. The third-order valence-electron chi connectivity index (χ3n) is 3.96. The maximum absolute atomic E-state index is 3.60. The summed E-state index contributed by atoms with van der Waals surface area (Å²) in [5.41, 5.74) is 0.486. The third kappa shape index (κ3) is 5.87. The summed E-state index contributed by atoms with van der Waals surface area (Å²) >= 11 is 0. The van der Waals surface area contributed by atoms with Crippen LogP contribution in [0.25, 0.3) is 0 Å². The molecular weight excluding hydrogens is 208 g/mol. The Hall–Kier alpha value is -0.0800. The first-order chi connectivity index (χ1) is 7.93. The van der Waals surface area contributed by atoms with E-state index in [0.717, 1.165) is 18.4 Å². The maximum Gasteiger partial charge on any atom is 0.00327 e. The lowest BCUT2D eigenvalue weighted by Gasteiger charge is -2.29. The van der Waals surface area contributed by atoms with Crippen LogP contribution in [0.15, 0.2) is 0 Å². The molecule has 2 nitrogen and oxygen atoms in total. The monoisotopic (exact) mass is 240 g/mol. The summed E-state index contributed by atoms with van der Waals surface area (Å²) < 4.78 is 0. The maximum atomic E-state index is 3.60. The molecule has 1 rings (SSSR count). The van der Waals surface area contributed by atoms with Gasteiger partial charge in [0.1, 0.15) is 0 Å². The molecule has 1 atom stereocenters. The zero-order chi connectivity index (χ0) is 12.9. The van der Waals surface area contributed by atoms with Crippen molar-refractivity contribution >= 4 is 0 Å². The minimum Gasteiger partial charge on any atom is -0.316 e. The highest BCUT2D eigenvalue weighted by Crippen LogP contribution is 2.25. The predicted octanol–water partition coefficient (Wildman–Crippen LogP) is 2.99. The minimum atomic E-state index is 0.486. The molecule has 2 heteroatoms. The highest BCUT2D eigenvalue weighted by molar-refractivity contribution is 4.81. The minimum absolute atomic E-state index is 0.486. The number of nitrogens with one attached hydrogen (secondary N) is 1. The first-order valence-electron chi connectivity index (χ1n) is 7.36. The SMILES string of the molecule is CCC(C)(C)CN1CCC(CNCC(C)C)C1. The van der Waals surface area contributed by atoms with Crippen molar-refractivity contribution in [2.24, 2.45) is 17.3 Å². The van der Waals surface area contributed by atoms with Crippen molar-refractivity contribution in [1.29, 1.82) is 0 Å². The smallest absolute Gasteiger partial charge is 0.00327 e. The molecule has 1 fully saturated rings. The molecule has 1 N–H and O–H groups in total. The topological polar surface area (TPSA) is 15.3 Å². The summed E-state index contributed by atoms with van der Waals surface area (Å²) in [6.45, 7) is 17.9. The van der Waals surface area contributed by atoms with Crippen molar-refractivity contribution in [1.82, 2.24) is 10.2 Å². The molecule has 17 heavy (non-hydrogen) atoms. The second kappa shape index (κ2) is 6.75. The van der Waals surface area contributed by atoms with Gasteiger partial charge in [0.15, 0.2) is 0 Å². The molecular formula is C15H32N2. The Bertz CT molecular complexity index is 211. The Labute approximate surface area is 108 Å². The first kappa shape index (κ1) is 15.0. The van der Waals surface area contributed by atoms with Crippen molar-refractivity contribution in [3.05, 3.63) is 0 Å². The van der Waals surface area contributed by atoms with Gasteiger partial charge in [0, 0.05) is 13.1 Å². The van der Waals surface area contributed by atoms with Gasteiger partial charge in [0.25, 0.3) is 0 Å². The molecule has 0 aromatic heterocycles. The van der Waals surface area contributed by atoms with Crippen LogP contribution >= 0.6 is 0 Å². The summed E-state index contributed by atoms with van der Waals surface area (Å²) in [7, 11) is 0. The molecule has 102 valence electrons. The van der Waals surface area contributed by atoms with E-state index in [1.807, 2.05) is 0 Å². The van der Waals surface area contributed by atoms with E-state index in [1.165, 1.54) is 39.0 Å². The Balaban J connectivity index is 2.19. The standard InChI is InChI=1S/C15H32N2/c1-6-15(4,5)12-17-8-7-14(11-17)10-16-9-13(2)3/h13-14,16H,6-12H2,1-5H3. The van der Waals surface area contributed by atoms with Crippen molar-refractivity contribution in [3.8, 4) is 0 Å². The molecule has 0 saturated carbocycles. The van der Waals surface area contributed by atoms with Crippen molar-refractivity contribution in [3.63, 3.8) is 0 Å². The van der Waals surface area contributed by atoms with E-state index in [4.69, 9.17) is 0 Å². The van der Waals surface area contributed by atoms with Gasteiger partial charge < -0.3 is 10.2 Å². The van der Waals surface area contributed by atoms with Crippen LogP contribution in [0.4, 0.5) is 0 Å². The van der Waals surface area contributed by atoms with Crippen LogP contribution in [-0.2, 0) is 0 Å². The van der Waals surface area contributed by atoms with Crippen LogP contribution in [0.1, 0.15) is 47.5 Å². The van der Waals surface area contributed by atoms with Gasteiger partial charge in [-0.1, -0.05) is 34.6 Å². The van der Waals surface area contributed by atoms with Gasteiger partial charge in [-0.05, 0) is 49.7 Å². The van der Waals surface area contributed by atoms with Gasteiger partial charge in [0.2, 0.25) is 0 Å². The fraction of sp³-hybridized carbons (Fsp3) is 1.00. The fourth-order valence-corrected chi connectivity index (χ4v) is 2.52. The van der Waals surface area contributed by atoms with Gasteiger partial charge >= 0.3 is 0 Å². The molecule has 1 heterocycles. The van der Waals surface area contributed by atoms with E-state index >= 15 is 0 Å². The largest absolute Gasteiger partial charge is 0.316 e. The third-order valence-corrected chi connectivity index (χ3v) is 3.96. The highest BCUT2D eigenvalue weighted by Gasteiger charge is 2.26. The fourth-order valence-electron chi connectivity index (χ4n) is 2.52. The number of hydrogen-bond donors (Lipinski definition) is 1. The number of nitrogens with zero attached hydrogens (tertiary/aromatic N) is 1. The van der Waals surface area contributed by atoms with E-state index in [9.17, 15) is 0 Å². The number of hydrogen-bond acceptors (Lipinski definition) is 2. The van der Waals surface area contributed by atoms with Crippen LogP contribution in [0, 0.1) is 17.3 Å². The molecule has 0 aliphatic carbocycles. The van der Waals surface area contributed by atoms with Gasteiger partial charge in [-0.25, -0.2) is 0 Å². The zero-order valence-corrected chi connectivity index (χ0v) is 12.6. The lowest BCUT2D eigenvalue weighted by atomic mass is 9.90. The predicted molar refractivity (Wildman–Crippen MR) is 76.3 cm³/mol. The van der Waals surface area contributed by atoms with Crippen molar-refractivity contribution in [2.45, 2.75) is 47.5 Å². The molecule has 0 bridgehead atoms. The molecule has 1 aliphatic heterocycles. The zero-order valence-electron chi connectivity index (χ0n) is 12.6. The molecule has 0 spiro atoms. The first-order valence-corrected chi connectivity index (χ1v) is 7.36. The second-order valence-corrected chi connectivity index (χ2v) is 6.96. The molecule has 1 unspecified atom stereocenters. The summed E-state index contributed by atoms with van der Waals surface area (Å²) in [5.74, 6) is 1.65. The summed E-state index contributed by atoms with van der Waals surface area (Å²) in [6, 6.07) is 0. The normalized spacial score (nSPS) is 22.6.